The number of nitrogens with zero attached hydrogens (tertiary/aromatic N) is 1. The topological polar surface area (TPSA) is 92.4 Å². The molecule has 0 unspecified atom stereocenters. The van der Waals surface area contributed by atoms with Crippen molar-refractivity contribution >= 4 is 17.6 Å². The molecule has 1 heterocycles. The van der Waals surface area contributed by atoms with E-state index in [1.54, 1.807) is 13.8 Å². The number of aromatic nitrogens is 1. The molecule has 1 aromatic heterocycles. The predicted molar refractivity (Wildman–Crippen MR) is 71.9 cm³/mol. The van der Waals surface area contributed by atoms with Crippen LogP contribution in [0.15, 0.2) is 22.7 Å². The van der Waals surface area contributed by atoms with Crippen molar-refractivity contribution < 1.29 is 23.6 Å². The summed E-state index contributed by atoms with van der Waals surface area (Å²) in [6, 6.07) is 3.54. The average molecular weight is 292 g/mol. The fraction of sp³-hybridized carbons (Fsp3) is 0.214. The fourth-order valence-corrected chi connectivity index (χ4v) is 1.96. The monoisotopic (exact) mass is 292 g/mol. The van der Waals surface area contributed by atoms with Crippen LogP contribution >= 0.6 is 0 Å². The number of hydrogen-bond donors (Lipinski definition) is 2. The molecular weight excluding hydrogens is 279 g/mol. The zero-order valence-electron chi connectivity index (χ0n) is 11.4. The van der Waals surface area contributed by atoms with Gasteiger partial charge in [-0.2, -0.15) is 0 Å². The standard InChI is InChI=1S/C14H13FN2O4/c1-3-10-11(7(2)21-17-10)13(18)16-12-8(14(19)20)5-4-6-9(12)15/h4-6H,3H2,1-2H3,(H,16,18)(H,19,20). The molecule has 21 heavy (non-hydrogen) atoms. The third kappa shape index (κ3) is 2.76. The lowest BCUT2D eigenvalue weighted by molar-refractivity contribution is 0.0697. The number of carboxylic acid groups (broad SMARTS) is 1. The Morgan fingerprint density at radius 1 is 1.43 bits per heavy atom. The Labute approximate surface area is 119 Å². The number of amides is 1. The second-order valence-electron chi connectivity index (χ2n) is 4.34. The summed E-state index contributed by atoms with van der Waals surface area (Å²) in [7, 11) is 0. The van der Waals surface area contributed by atoms with Gasteiger partial charge in [0.05, 0.1) is 16.9 Å². The van der Waals surface area contributed by atoms with Crippen molar-refractivity contribution in [3.8, 4) is 0 Å². The second-order valence-corrected chi connectivity index (χ2v) is 4.34. The summed E-state index contributed by atoms with van der Waals surface area (Å²) < 4.78 is 18.7. The molecule has 0 radical (unpaired) electrons. The van der Waals surface area contributed by atoms with E-state index in [4.69, 9.17) is 9.63 Å². The number of anilines is 1. The summed E-state index contributed by atoms with van der Waals surface area (Å²) in [5.74, 6) is -2.52. The number of carbonyl (C=O) groups is 2. The third-order valence-corrected chi connectivity index (χ3v) is 2.98. The average Bonchev–Trinajstić information content (AvgIpc) is 2.81. The quantitative estimate of drug-likeness (QED) is 0.903. The van der Waals surface area contributed by atoms with Crippen LogP contribution in [0.4, 0.5) is 10.1 Å². The van der Waals surface area contributed by atoms with Crippen LogP contribution in [0.2, 0.25) is 0 Å². The van der Waals surface area contributed by atoms with Crippen LogP contribution in [0.3, 0.4) is 0 Å². The molecule has 0 fully saturated rings. The zero-order chi connectivity index (χ0) is 15.6. The summed E-state index contributed by atoms with van der Waals surface area (Å²) >= 11 is 0. The SMILES string of the molecule is CCc1noc(C)c1C(=O)Nc1c(F)cccc1C(=O)O. The minimum absolute atomic E-state index is 0.192. The molecule has 1 amide bonds. The molecule has 6 nitrogen and oxygen atoms in total. The van der Waals surface area contributed by atoms with Crippen molar-refractivity contribution in [3.63, 3.8) is 0 Å². The summed E-state index contributed by atoms with van der Waals surface area (Å²) in [5, 5.41) is 15.1. The maximum atomic E-state index is 13.8. The molecule has 0 saturated heterocycles. The molecular formula is C14H13FN2O4. The zero-order valence-corrected chi connectivity index (χ0v) is 11.4. The first-order chi connectivity index (χ1) is 9.95. The number of benzene rings is 1. The van der Waals surface area contributed by atoms with Crippen molar-refractivity contribution in [2.75, 3.05) is 5.32 Å². The minimum Gasteiger partial charge on any atom is -0.478 e. The van der Waals surface area contributed by atoms with Gasteiger partial charge in [0.2, 0.25) is 0 Å². The number of nitrogens with one attached hydrogen (secondary N) is 1. The minimum atomic E-state index is -1.33. The molecule has 2 rings (SSSR count). The lowest BCUT2D eigenvalue weighted by Gasteiger charge is -2.09. The van der Waals surface area contributed by atoms with E-state index in [0.29, 0.717) is 12.1 Å². The molecule has 7 heteroatoms. The highest BCUT2D eigenvalue weighted by molar-refractivity contribution is 6.08. The second kappa shape index (κ2) is 5.74. The Kier molecular flexibility index (Phi) is 4.02. The molecule has 2 aromatic rings. The predicted octanol–water partition coefficient (Wildman–Crippen LogP) is 2.64. The summed E-state index contributed by atoms with van der Waals surface area (Å²) in [5.41, 5.74) is -0.0801. The number of rotatable bonds is 4. The molecule has 0 spiro atoms. The van der Waals surface area contributed by atoms with Gasteiger partial charge in [0.1, 0.15) is 17.1 Å². The molecule has 110 valence electrons. The lowest BCUT2D eigenvalue weighted by atomic mass is 10.1. The molecule has 0 aliphatic rings. The van der Waals surface area contributed by atoms with Gasteiger partial charge in [-0.15, -0.1) is 0 Å². The van der Waals surface area contributed by atoms with E-state index in [2.05, 4.69) is 10.5 Å². The van der Waals surface area contributed by atoms with E-state index >= 15 is 0 Å². The smallest absolute Gasteiger partial charge is 0.337 e. The maximum Gasteiger partial charge on any atom is 0.337 e. The maximum absolute atomic E-state index is 13.8. The summed E-state index contributed by atoms with van der Waals surface area (Å²) in [4.78, 5) is 23.3. The van der Waals surface area contributed by atoms with Gasteiger partial charge in [0.25, 0.3) is 5.91 Å². The van der Waals surface area contributed by atoms with Crippen LogP contribution in [-0.2, 0) is 6.42 Å². The van der Waals surface area contributed by atoms with E-state index in [-0.39, 0.29) is 22.6 Å². The van der Waals surface area contributed by atoms with Gasteiger partial charge in [0, 0.05) is 0 Å². The number of halogens is 1. The largest absolute Gasteiger partial charge is 0.478 e. The number of aryl methyl sites for hydroxylation is 2. The van der Waals surface area contributed by atoms with Crippen LogP contribution in [0, 0.1) is 12.7 Å². The van der Waals surface area contributed by atoms with E-state index in [1.165, 1.54) is 12.1 Å². The van der Waals surface area contributed by atoms with E-state index in [9.17, 15) is 14.0 Å². The van der Waals surface area contributed by atoms with Gasteiger partial charge >= 0.3 is 5.97 Å². The Balaban J connectivity index is 2.41. The number of carbonyl (C=O) groups excluding carboxylic acids is 1. The van der Waals surface area contributed by atoms with Crippen molar-refractivity contribution in [1.82, 2.24) is 5.16 Å². The van der Waals surface area contributed by atoms with Crippen molar-refractivity contribution in [3.05, 3.63) is 46.6 Å². The van der Waals surface area contributed by atoms with Crippen LogP contribution in [0.5, 0.6) is 0 Å². The van der Waals surface area contributed by atoms with Crippen molar-refractivity contribution in [1.29, 1.82) is 0 Å². The summed E-state index contributed by atoms with van der Waals surface area (Å²) in [6.45, 7) is 3.35. The molecule has 0 aliphatic carbocycles. The van der Waals surface area contributed by atoms with Gasteiger partial charge in [-0.25, -0.2) is 9.18 Å². The van der Waals surface area contributed by atoms with Gasteiger partial charge < -0.3 is 14.9 Å². The molecule has 0 atom stereocenters. The Hall–Kier alpha value is -2.70. The lowest BCUT2D eigenvalue weighted by Crippen LogP contribution is -2.17. The molecule has 0 bridgehead atoms. The van der Waals surface area contributed by atoms with Crippen molar-refractivity contribution in [2.24, 2.45) is 0 Å². The Morgan fingerprint density at radius 2 is 2.14 bits per heavy atom. The van der Waals surface area contributed by atoms with Gasteiger partial charge in [0.15, 0.2) is 0 Å². The molecule has 1 aromatic carbocycles. The number of carboxylic acids is 1. The van der Waals surface area contributed by atoms with Gasteiger partial charge in [-0.05, 0) is 25.5 Å². The molecule has 0 aliphatic heterocycles. The number of para-hydroxylation sites is 1. The Bertz CT molecular complexity index is 709. The fourth-order valence-electron chi connectivity index (χ4n) is 1.96. The molecule has 0 saturated carbocycles. The summed E-state index contributed by atoms with van der Waals surface area (Å²) in [6.07, 6.45) is 0.461. The first kappa shape index (κ1) is 14.7. The highest BCUT2D eigenvalue weighted by atomic mass is 19.1. The molecule has 2 N–H and O–H groups in total. The number of aromatic carboxylic acids is 1. The first-order valence-electron chi connectivity index (χ1n) is 6.24. The first-order valence-corrected chi connectivity index (χ1v) is 6.24. The van der Waals surface area contributed by atoms with E-state index in [1.807, 2.05) is 0 Å². The van der Waals surface area contributed by atoms with Gasteiger partial charge in [-0.1, -0.05) is 18.1 Å². The highest BCUT2D eigenvalue weighted by Crippen LogP contribution is 2.22. The van der Waals surface area contributed by atoms with Crippen LogP contribution in [0.25, 0.3) is 0 Å². The van der Waals surface area contributed by atoms with Crippen LogP contribution in [0.1, 0.15) is 39.1 Å². The van der Waals surface area contributed by atoms with Crippen LogP contribution < -0.4 is 5.32 Å². The van der Waals surface area contributed by atoms with Crippen LogP contribution in [-0.4, -0.2) is 22.1 Å². The van der Waals surface area contributed by atoms with Gasteiger partial charge in [-0.3, -0.25) is 4.79 Å². The Morgan fingerprint density at radius 3 is 2.76 bits per heavy atom. The van der Waals surface area contributed by atoms with E-state index in [0.717, 1.165) is 6.07 Å². The number of hydrogen-bond acceptors (Lipinski definition) is 4. The third-order valence-electron chi connectivity index (χ3n) is 2.98. The normalized spacial score (nSPS) is 10.4. The van der Waals surface area contributed by atoms with E-state index < -0.39 is 17.7 Å². The van der Waals surface area contributed by atoms with Crippen molar-refractivity contribution in [2.45, 2.75) is 20.3 Å². The highest BCUT2D eigenvalue weighted by Gasteiger charge is 2.22.